The summed E-state index contributed by atoms with van der Waals surface area (Å²) in [6.45, 7) is -0.329. The van der Waals surface area contributed by atoms with Crippen LogP contribution in [0, 0.1) is 11.6 Å². The van der Waals surface area contributed by atoms with Gasteiger partial charge in [0.15, 0.2) is 28.3 Å². The molecule has 136 valence electrons. The molecule has 0 saturated heterocycles. The normalized spacial score (nSPS) is 11.0. The number of carbonyl (C=O) groups is 1. The quantitative estimate of drug-likeness (QED) is 0.434. The highest BCUT2D eigenvalue weighted by Gasteiger charge is 2.15. The number of aliphatic hydroxyl groups is 1. The standard InChI is InChI=1S/C15H12F2N4O3S2/c16-8-3-1-2-7(10(8)17)6-25-14-19-12(18-9(23)4-5-22)11-13(20-14)21-15(24)26-11/h1-3,22H,4-6H2,(H2,18,19,20,21,23,24). The van der Waals surface area contributed by atoms with Gasteiger partial charge in [0.1, 0.15) is 4.70 Å². The minimum atomic E-state index is -0.946. The van der Waals surface area contributed by atoms with E-state index in [1.807, 2.05) is 0 Å². The van der Waals surface area contributed by atoms with E-state index in [1.165, 1.54) is 12.1 Å². The number of amides is 1. The Balaban J connectivity index is 1.89. The zero-order valence-corrected chi connectivity index (χ0v) is 14.7. The van der Waals surface area contributed by atoms with Crippen molar-refractivity contribution in [3.63, 3.8) is 0 Å². The van der Waals surface area contributed by atoms with Crippen molar-refractivity contribution in [2.24, 2.45) is 0 Å². The molecule has 3 rings (SSSR count). The average Bonchev–Trinajstić information content (AvgIpc) is 2.97. The van der Waals surface area contributed by atoms with E-state index in [4.69, 9.17) is 5.11 Å². The number of aliphatic hydroxyl groups excluding tert-OH is 1. The van der Waals surface area contributed by atoms with Crippen LogP contribution in [0.4, 0.5) is 14.6 Å². The van der Waals surface area contributed by atoms with Crippen LogP contribution in [-0.2, 0) is 10.5 Å². The number of hydrogen-bond donors (Lipinski definition) is 3. The fourth-order valence-corrected chi connectivity index (χ4v) is 3.61. The maximum Gasteiger partial charge on any atom is 0.306 e. The zero-order chi connectivity index (χ0) is 18.7. The molecule has 0 aliphatic heterocycles. The third-order valence-corrected chi connectivity index (χ3v) is 5.02. The van der Waals surface area contributed by atoms with Crippen LogP contribution < -0.4 is 10.2 Å². The maximum atomic E-state index is 13.7. The van der Waals surface area contributed by atoms with Gasteiger partial charge in [-0.05, 0) is 6.07 Å². The molecule has 26 heavy (non-hydrogen) atoms. The molecule has 2 aromatic heterocycles. The first kappa shape index (κ1) is 18.4. The van der Waals surface area contributed by atoms with E-state index >= 15 is 0 Å². The van der Waals surface area contributed by atoms with Crippen molar-refractivity contribution in [2.45, 2.75) is 17.3 Å². The van der Waals surface area contributed by atoms with E-state index in [0.29, 0.717) is 4.70 Å². The van der Waals surface area contributed by atoms with Gasteiger partial charge in [-0.2, -0.15) is 0 Å². The number of nitrogens with one attached hydrogen (secondary N) is 2. The second-order valence-electron chi connectivity index (χ2n) is 5.07. The molecule has 0 aliphatic rings. The molecule has 2 heterocycles. The van der Waals surface area contributed by atoms with Crippen molar-refractivity contribution >= 4 is 45.2 Å². The number of H-pyrrole nitrogens is 1. The van der Waals surface area contributed by atoms with Crippen LogP contribution in [-0.4, -0.2) is 32.6 Å². The molecule has 0 unspecified atom stereocenters. The molecule has 0 bridgehead atoms. The molecule has 0 saturated carbocycles. The van der Waals surface area contributed by atoms with Gasteiger partial charge >= 0.3 is 4.87 Å². The molecule has 11 heteroatoms. The molecule has 3 N–H and O–H groups in total. The van der Waals surface area contributed by atoms with Crippen LogP contribution in [0.5, 0.6) is 0 Å². The lowest BCUT2D eigenvalue weighted by atomic mass is 10.2. The number of rotatable bonds is 6. The maximum absolute atomic E-state index is 13.7. The fraction of sp³-hybridized carbons (Fsp3) is 0.200. The molecule has 0 spiro atoms. The lowest BCUT2D eigenvalue weighted by Gasteiger charge is -2.07. The van der Waals surface area contributed by atoms with E-state index in [0.717, 1.165) is 29.2 Å². The largest absolute Gasteiger partial charge is 0.396 e. The summed E-state index contributed by atoms with van der Waals surface area (Å²) in [6, 6.07) is 3.87. The van der Waals surface area contributed by atoms with Crippen molar-refractivity contribution in [3.8, 4) is 0 Å². The number of thioether (sulfide) groups is 1. The smallest absolute Gasteiger partial charge is 0.306 e. The predicted octanol–water partition coefficient (Wildman–Crippen LogP) is 2.27. The summed E-state index contributed by atoms with van der Waals surface area (Å²) < 4.78 is 27.4. The molecule has 0 aliphatic carbocycles. The van der Waals surface area contributed by atoms with E-state index in [1.54, 1.807) is 0 Å². The van der Waals surface area contributed by atoms with E-state index in [9.17, 15) is 18.4 Å². The monoisotopic (exact) mass is 398 g/mol. The van der Waals surface area contributed by atoms with Crippen LogP contribution in [0.25, 0.3) is 10.3 Å². The topological polar surface area (TPSA) is 108 Å². The molecule has 1 amide bonds. The van der Waals surface area contributed by atoms with Crippen molar-refractivity contribution in [1.29, 1.82) is 0 Å². The number of nitrogens with zero attached hydrogens (tertiary/aromatic N) is 2. The molecule has 0 atom stereocenters. The Morgan fingerprint density at radius 3 is 2.92 bits per heavy atom. The number of aromatic nitrogens is 3. The summed E-state index contributed by atoms with van der Waals surface area (Å²) in [6.07, 6.45) is -0.123. The highest BCUT2D eigenvalue weighted by atomic mass is 32.2. The van der Waals surface area contributed by atoms with Crippen LogP contribution in [0.1, 0.15) is 12.0 Å². The Hall–Kier alpha value is -2.37. The van der Waals surface area contributed by atoms with Gasteiger partial charge in [-0.1, -0.05) is 35.2 Å². The molecule has 1 aromatic carbocycles. The summed E-state index contributed by atoms with van der Waals surface area (Å²) in [7, 11) is 0. The Morgan fingerprint density at radius 1 is 1.35 bits per heavy atom. The number of thiazole rings is 1. The molecule has 7 nitrogen and oxygen atoms in total. The molecule has 0 fully saturated rings. The van der Waals surface area contributed by atoms with Crippen LogP contribution in [0.15, 0.2) is 28.2 Å². The minimum absolute atomic E-state index is 0.0630. The number of hydrogen-bond acceptors (Lipinski definition) is 7. The summed E-state index contributed by atoms with van der Waals surface area (Å²) in [5.41, 5.74) is 0.375. The molecular weight excluding hydrogens is 386 g/mol. The van der Waals surface area contributed by atoms with E-state index < -0.39 is 17.5 Å². The number of anilines is 1. The first-order valence-electron chi connectivity index (χ1n) is 7.35. The number of aromatic amines is 1. The second kappa shape index (κ2) is 7.89. The first-order chi connectivity index (χ1) is 12.5. The third-order valence-electron chi connectivity index (χ3n) is 3.25. The Labute approximate surface area is 153 Å². The fourth-order valence-electron chi connectivity index (χ4n) is 2.07. The lowest BCUT2D eigenvalue weighted by Crippen LogP contribution is -2.14. The summed E-state index contributed by atoms with van der Waals surface area (Å²) in [5.74, 6) is -2.17. The number of benzene rings is 1. The van der Waals surface area contributed by atoms with Crippen LogP contribution in [0.2, 0.25) is 0 Å². The Morgan fingerprint density at radius 2 is 2.15 bits per heavy atom. The third kappa shape index (κ3) is 4.06. The van der Waals surface area contributed by atoms with E-state index in [2.05, 4.69) is 20.3 Å². The lowest BCUT2D eigenvalue weighted by molar-refractivity contribution is -0.116. The SMILES string of the molecule is O=C(CCO)Nc1nc(SCc2cccc(F)c2F)nc2[nH]c(=O)sc12. The van der Waals surface area contributed by atoms with E-state index in [-0.39, 0.29) is 45.8 Å². The highest BCUT2D eigenvalue weighted by molar-refractivity contribution is 7.98. The predicted molar refractivity (Wildman–Crippen MR) is 94.3 cm³/mol. The highest BCUT2D eigenvalue weighted by Crippen LogP contribution is 2.28. The summed E-state index contributed by atoms with van der Waals surface area (Å²) in [4.78, 5) is 33.8. The van der Waals surface area contributed by atoms with Crippen molar-refractivity contribution in [3.05, 3.63) is 45.1 Å². The van der Waals surface area contributed by atoms with Crippen molar-refractivity contribution < 1.29 is 18.7 Å². The first-order valence-corrected chi connectivity index (χ1v) is 9.15. The molecular formula is C15H12F2N4O3S2. The second-order valence-corrected chi connectivity index (χ2v) is 7.00. The van der Waals surface area contributed by atoms with Gasteiger partial charge in [0.05, 0.1) is 13.0 Å². The average molecular weight is 398 g/mol. The summed E-state index contributed by atoms with van der Waals surface area (Å²) in [5, 5.41) is 11.5. The number of carbonyl (C=O) groups excluding carboxylic acids is 1. The van der Waals surface area contributed by atoms with Crippen LogP contribution in [0.3, 0.4) is 0 Å². The van der Waals surface area contributed by atoms with Gasteiger partial charge in [0.2, 0.25) is 5.91 Å². The number of halogens is 2. The summed E-state index contributed by atoms with van der Waals surface area (Å²) >= 11 is 1.86. The molecule has 0 radical (unpaired) electrons. The van der Waals surface area contributed by atoms with Gasteiger partial charge in [0.25, 0.3) is 0 Å². The van der Waals surface area contributed by atoms with Crippen molar-refractivity contribution in [2.75, 3.05) is 11.9 Å². The van der Waals surface area contributed by atoms with Crippen molar-refractivity contribution in [1.82, 2.24) is 15.0 Å². The van der Waals surface area contributed by atoms with Gasteiger partial charge < -0.3 is 10.4 Å². The van der Waals surface area contributed by atoms with Crippen LogP contribution >= 0.6 is 23.1 Å². The zero-order valence-electron chi connectivity index (χ0n) is 13.1. The molecule has 3 aromatic rings. The minimum Gasteiger partial charge on any atom is -0.396 e. The van der Waals surface area contributed by atoms with Gasteiger partial charge in [-0.15, -0.1) is 0 Å². The Kier molecular flexibility index (Phi) is 5.59. The Bertz CT molecular complexity index is 1020. The van der Waals surface area contributed by atoms with Gasteiger partial charge in [-0.3, -0.25) is 14.6 Å². The van der Waals surface area contributed by atoms with Gasteiger partial charge in [0, 0.05) is 11.3 Å². The van der Waals surface area contributed by atoms with Gasteiger partial charge in [-0.25, -0.2) is 18.7 Å². The number of fused-ring (bicyclic) bond motifs is 1.